The minimum Gasteiger partial charge on any atom is -0.394 e. The minimum atomic E-state index is -0.365. The van der Waals surface area contributed by atoms with Crippen molar-refractivity contribution < 1.29 is 9.90 Å². The molecule has 94 valence electrons. The number of nitrogens with one attached hydrogen (secondary N) is 1. The Labute approximate surface area is 98.0 Å². The van der Waals surface area contributed by atoms with Gasteiger partial charge in [0.05, 0.1) is 6.61 Å². The first kappa shape index (κ1) is 13.5. The van der Waals surface area contributed by atoms with Crippen molar-refractivity contribution >= 4 is 5.91 Å². The highest BCUT2D eigenvalue weighted by molar-refractivity contribution is 5.82. The zero-order valence-electron chi connectivity index (χ0n) is 10.6. The van der Waals surface area contributed by atoms with Crippen LogP contribution in [-0.4, -0.2) is 47.7 Å². The highest BCUT2D eigenvalue weighted by Crippen LogP contribution is 2.15. The summed E-state index contributed by atoms with van der Waals surface area (Å²) in [7, 11) is 0. The molecule has 2 atom stereocenters. The van der Waals surface area contributed by atoms with Crippen molar-refractivity contribution in [1.29, 1.82) is 0 Å². The van der Waals surface area contributed by atoms with Crippen LogP contribution in [-0.2, 0) is 4.79 Å². The van der Waals surface area contributed by atoms with E-state index in [1.54, 1.807) is 0 Å². The van der Waals surface area contributed by atoms with Crippen molar-refractivity contribution in [2.75, 3.05) is 19.7 Å². The number of carbonyl (C=O) groups is 1. The Bertz CT molecular complexity index is 231. The first-order valence-electron chi connectivity index (χ1n) is 6.20. The van der Waals surface area contributed by atoms with Gasteiger partial charge in [0.25, 0.3) is 0 Å². The van der Waals surface area contributed by atoms with Gasteiger partial charge in [0.15, 0.2) is 0 Å². The average Bonchev–Trinajstić information content (AvgIpc) is 2.35. The van der Waals surface area contributed by atoms with E-state index in [1.807, 2.05) is 0 Å². The number of hydrogen-bond acceptors (Lipinski definition) is 3. The zero-order valence-corrected chi connectivity index (χ0v) is 10.6. The fraction of sp³-hybridized carbons (Fsp3) is 0.917. The van der Waals surface area contributed by atoms with Crippen LogP contribution in [0.3, 0.4) is 0 Å². The van der Waals surface area contributed by atoms with E-state index < -0.39 is 0 Å². The number of hydrogen-bond donors (Lipinski definition) is 2. The molecule has 0 aromatic rings. The maximum absolute atomic E-state index is 11.7. The molecule has 1 fully saturated rings. The molecule has 0 aromatic heterocycles. The molecule has 2 N–H and O–H groups in total. The molecule has 16 heavy (non-hydrogen) atoms. The molecule has 1 rings (SSSR count). The summed E-state index contributed by atoms with van der Waals surface area (Å²) in [5, 5.41) is 12.2. The highest BCUT2D eigenvalue weighted by Gasteiger charge is 2.31. The first-order chi connectivity index (χ1) is 7.56. The number of aliphatic hydroxyl groups excluding tert-OH is 1. The Kier molecular flexibility index (Phi) is 5.22. The number of nitrogens with zero attached hydrogens (tertiary/aromatic N) is 1. The normalized spacial score (nSPS) is 27.9. The van der Waals surface area contributed by atoms with Gasteiger partial charge in [-0.1, -0.05) is 13.8 Å². The van der Waals surface area contributed by atoms with Gasteiger partial charge in [-0.05, 0) is 32.2 Å². The van der Waals surface area contributed by atoms with Crippen LogP contribution in [0.4, 0.5) is 0 Å². The van der Waals surface area contributed by atoms with Crippen LogP contribution in [0, 0.1) is 5.92 Å². The van der Waals surface area contributed by atoms with Crippen LogP contribution < -0.4 is 5.32 Å². The second kappa shape index (κ2) is 6.21. The van der Waals surface area contributed by atoms with Gasteiger partial charge in [0, 0.05) is 12.6 Å². The van der Waals surface area contributed by atoms with E-state index >= 15 is 0 Å². The van der Waals surface area contributed by atoms with Crippen molar-refractivity contribution in [2.24, 2.45) is 5.92 Å². The van der Waals surface area contributed by atoms with Crippen LogP contribution in [0.2, 0.25) is 0 Å². The van der Waals surface area contributed by atoms with Crippen molar-refractivity contribution in [3.05, 3.63) is 0 Å². The van der Waals surface area contributed by atoms with E-state index in [9.17, 15) is 9.90 Å². The zero-order chi connectivity index (χ0) is 12.1. The van der Waals surface area contributed by atoms with E-state index in [1.165, 1.54) is 0 Å². The van der Waals surface area contributed by atoms with E-state index in [-0.39, 0.29) is 18.6 Å². The van der Waals surface area contributed by atoms with E-state index in [2.05, 4.69) is 31.0 Å². The van der Waals surface area contributed by atoms with Gasteiger partial charge in [-0.2, -0.15) is 0 Å². The summed E-state index contributed by atoms with van der Waals surface area (Å²) in [5.41, 5.74) is 0. The molecule has 0 saturated carbocycles. The van der Waals surface area contributed by atoms with Crippen LogP contribution in [0.25, 0.3) is 0 Å². The van der Waals surface area contributed by atoms with Crippen LogP contribution >= 0.6 is 0 Å². The molecule has 0 aliphatic carbocycles. The fourth-order valence-electron chi connectivity index (χ4n) is 2.12. The Hall–Kier alpha value is -0.610. The molecule has 1 aliphatic heterocycles. The number of rotatable bonds is 4. The predicted octanol–water partition coefficient (Wildman–Crippen LogP) is 0.604. The van der Waals surface area contributed by atoms with Gasteiger partial charge in [-0.15, -0.1) is 0 Å². The van der Waals surface area contributed by atoms with Crippen LogP contribution in [0.15, 0.2) is 0 Å². The third-order valence-corrected chi connectivity index (χ3v) is 3.27. The lowest BCUT2D eigenvalue weighted by atomic mass is 10.1. The summed E-state index contributed by atoms with van der Waals surface area (Å²) >= 11 is 0. The number of amides is 1. The molecule has 1 saturated heterocycles. The summed E-state index contributed by atoms with van der Waals surface area (Å²) in [5.74, 6) is 0.591. The molecule has 1 amide bonds. The molecule has 0 aromatic carbocycles. The van der Waals surface area contributed by atoms with E-state index in [0.717, 1.165) is 19.4 Å². The van der Waals surface area contributed by atoms with Gasteiger partial charge < -0.3 is 10.4 Å². The lowest BCUT2D eigenvalue weighted by molar-refractivity contribution is -0.127. The number of carbonyl (C=O) groups excluding carboxylic acids is 1. The SMILES string of the molecule is CC(C)CCN1C(C)CCNC(=O)C1CO. The third kappa shape index (κ3) is 3.46. The van der Waals surface area contributed by atoms with E-state index in [0.29, 0.717) is 18.5 Å². The number of aliphatic hydroxyl groups is 1. The Morgan fingerprint density at radius 2 is 2.25 bits per heavy atom. The predicted molar refractivity (Wildman–Crippen MR) is 64.1 cm³/mol. The van der Waals surface area contributed by atoms with Gasteiger partial charge in [-0.3, -0.25) is 9.69 Å². The van der Waals surface area contributed by atoms with Crippen molar-refractivity contribution in [3.8, 4) is 0 Å². The largest absolute Gasteiger partial charge is 0.394 e. The molecule has 0 radical (unpaired) electrons. The van der Waals surface area contributed by atoms with Gasteiger partial charge in [-0.25, -0.2) is 0 Å². The Balaban J connectivity index is 2.67. The molecule has 0 spiro atoms. The lowest BCUT2D eigenvalue weighted by Gasteiger charge is -2.32. The van der Waals surface area contributed by atoms with Gasteiger partial charge >= 0.3 is 0 Å². The van der Waals surface area contributed by atoms with Crippen molar-refractivity contribution in [2.45, 2.75) is 45.7 Å². The van der Waals surface area contributed by atoms with Crippen LogP contribution in [0.1, 0.15) is 33.6 Å². The molecular formula is C12H24N2O2. The summed E-state index contributed by atoms with van der Waals surface area (Å²) in [6, 6.07) is -0.00824. The van der Waals surface area contributed by atoms with Crippen molar-refractivity contribution in [3.63, 3.8) is 0 Å². The second-order valence-corrected chi connectivity index (χ2v) is 5.05. The van der Waals surface area contributed by atoms with Crippen molar-refractivity contribution in [1.82, 2.24) is 10.2 Å². The van der Waals surface area contributed by atoms with E-state index in [4.69, 9.17) is 0 Å². The Morgan fingerprint density at radius 1 is 1.56 bits per heavy atom. The average molecular weight is 228 g/mol. The third-order valence-electron chi connectivity index (χ3n) is 3.27. The van der Waals surface area contributed by atoms with Gasteiger partial charge in [0.2, 0.25) is 5.91 Å². The molecular weight excluding hydrogens is 204 g/mol. The lowest BCUT2D eigenvalue weighted by Crippen LogP contribution is -2.49. The summed E-state index contributed by atoms with van der Waals surface area (Å²) < 4.78 is 0. The molecule has 2 unspecified atom stereocenters. The monoisotopic (exact) mass is 228 g/mol. The summed E-state index contributed by atoms with van der Waals surface area (Å²) in [6.45, 7) is 8.00. The quantitative estimate of drug-likeness (QED) is 0.741. The fourth-order valence-corrected chi connectivity index (χ4v) is 2.12. The first-order valence-corrected chi connectivity index (χ1v) is 6.20. The maximum Gasteiger partial charge on any atom is 0.239 e. The summed E-state index contributed by atoms with van der Waals surface area (Å²) in [4.78, 5) is 13.9. The smallest absolute Gasteiger partial charge is 0.239 e. The molecule has 4 nitrogen and oxygen atoms in total. The highest BCUT2D eigenvalue weighted by atomic mass is 16.3. The van der Waals surface area contributed by atoms with Crippen LogP contribution in [0.5, 0.6) is 0 Å². The molecule has 0 bridgehead atoms. The topological polar surface area (TPSA) is 52.6 Å². The minimum absolute atomic E-state index is 0.0318. The standard InChI is InChI=1S/C12H24N2O2/c1-9(2)5-7-14-10(3)4-6-13-12(16)11(14)8-15/h9-11,15H,4-8H2,1-3H3,(H,13,16). The molecule has 1 heterocycles. The maximum atomic E-state index is 11.7. The molecule has 1 aliphatic rings. The summed E-state index contributed by atoms with van der Waals surface area (Å²) in [6.07, 6.45) is 2.02. The second-order valence-electron chi connectivity index (χ2n) is 5.05. The van der Waals surface area contributed by atoms with Gasteiger partial charge in [0.1, 0.15) is 6.04 Å². The molecule has 4 heteroatoms. The Morgan fingerprint density at radius 3 is 2.81 bits per heavy atom.